The molecule has 39 heavy (non-hydrogen) atoms. The Morgan fingerprint density at radius 1 is 0.923 bits per heavy atom. The summed E-state index contributed by atoms with van der Waals surface area (Å²) in [5, 5.41) is 3.31. The molecule has 0 radical (unpaired) electrons. The van der Waals surface area contributed by atoms with Crippen molar-refractivity contribution in [2.75, 3.05) is 82.4 Å². The van der Waals surface area contributed by atoms with Gasteiger partial charge < -0.3 is 24.8 Å². The first-order valence-corrected chi connectivity index (χ1v) is 15.0. The highest BCUT2D eigenvalue weighted by Gasteiger charge is 2.27. The highest BCUT2D eigenvalue weighted by molar-refractivity contribution is 5.94. The summed E-state index contributed by atoms with van der Waals surface area (Å²) in [6, 6.07) is 10.6. The molecule has 3 fully saturated rings. The number of fused-ring (bicyclic) bond motifs is 1. The second-order valence-electron chi connectivity index (χ2n) is 11.9. The van der Waals surface area contributed by atoms with E-state index in [-0.39, 0.29) is 5.91 Å². The Labute approximate surface area is 233 Å². The number of aromatic nitrogens is 1. The molecule has 0 bridgehead atoms. The van der Waals surface area contributed by atoms with Crippen molar-refractivity contribution in [1.29, 1.82) is 0 Å². The van der Waals surface area contributed by atoms with E-state index in [2.05, 4.69) is 55.1 Å². The number of carbonyl (C=O) groups is 1. The van der Waals surface area contributed by atoms with Gasteiger partial charge in [0, 0.05) is 87.8 Å². The number of carbonyl (C=O) groups excluding carboxylic acids is 1. The SMILES string of the molecule is CN1CCN(c2ccc(C(=O)N[C@H]3CC[C@H](CCN4CCN(c5nccc6c5OCC6)CC4)CC3)cc2)CC1. The molecule has 0 unspecified atom stereocenters. The van der Waals surface area contributed by atoms with E-state index in [1.807, 2.05) is 18.3 Å². The molecule has 0 atom stereocenters. The van der Waals surface area contributed by atoms with Crippen LogP contribution in [0.3, 0.4) is 0 Å². The maximum absolute atomic E-state index is 12.9. The predicted octanol–water partition coefficient (Wildman–Crippen LogP) is 3.27. The number of hydrogen-bond acceptors (Lipinski definition) is 7. The normalized spacial score (nSPS) is 24.3. The average molecular weight is 533 g/mol. The van der Waals surface area contributed by atoms with E-state index in [1.165, 1.54) is 37.1 Å². The smallest absolute Gasteiger partial charge is 0.251 e. The highest BCUT2D eigenvalue weighted by atomic mass is 16.5. The van der Waals surface area contributed by atoms with Gasteiger partial charge in [-0.3, -0.25) is 9.69 Å². The molecule has 1 saturated carbocycles. The summed E-state index contributed by atoms with van der Waals surface area (Å²) in [7, 11) is 2.17. The van der Waals surface area contributed by atoms with Gasteiger partial charge in [0.25, 0.3) is 5.91 Å². The summed E-state index contributed by atoms with van der Waals surface area (Å²) in [5.41, 5.74) is 3.29. The number of hydrogen-bond donors (Lipinski definition) is 1. The van der Waals surface area contributed by atoms with Crippen LogP contribution in [0.4, 0.5) is 11.5 Å². The minimum atomic E-state index is 0.0743. The number of likely N-dealkylation sites (N-methyl/N-ethyl adjacent to an activating group) is 1. The van der Waals surface area contributed by atoms with Crippen LogP contribution in [0.5, 0.6) is 5.75 Å². The van der Waals surface area contributed by atoms with E-state index in [4.69, 9.17) is 4.74 Å². The molecule has 1 aromatic carbocycles. The number of nitrogens with zero attached hydrogens (tertiary/aromatic N) is 5. The average Bonchev–Trinajstić information content (AvgIpc) is 3.47. The van der Waals surface area contributed by atoms with Crippen LogP contribution < -0.4 is 19.9 Å². The molecule has 2 aromatic rings. The second kappa shape index (κ2) is 12.1. The van der Waals surface area contributed by atoms with Crippen molar-refractivity contribution in [2.24, 2.45) is 5.92 Å². The molecule has 2 saturated heterocycles. The van der Waals surface area contributed by atoms with Gasteiger partial charge in [-0.25, -0.2) is 4.98 Å². The fraction of sp³-hybridized carbons (Fsp3) is 0.613. The van der Waals surface area contributed by atoms with Crippen LogP contribution in [-0.2, 0) is 6.42 Å². The van der Waals surface area contributed by atoms with Crippen molar-refractivity contribution in [1.82, 2.24) is 20.1 Å². The molecule has 3 aliphatic heterocycles. The molecule has 4 aliphatic rings. The summed E-state index contributed by atoms with van der Waals surface area (Å²) in [5.74, 6) is 2.89. The van der Waals surface area contributed by atoms with Crippen LogP contribution >= 0.6 is 0 Å². The van der Waals surface area contributed by atoms with E-state index in [1.54, 1.807) is 0 Å². The van der Waals surface area contributed by atoms with Gasteiger partial charge in [-0.2, -0.15) is 0 Å². The number of anilines is 2. The number of ether oxygens (including phenoxy) is 1. The number of pyridine rings is 1. The van der Waals surface area contributed by atoms with Crippen molar-refractivity contribution in [3.63, 3.8) is 0 Å². The largest absolute Gasteiger partial charge is 0.489 e. The third-order valence-corrected chi connectivity index (χ3v) is 9.29. The van der Waals surface area contributed by atoms with Gasteiger partial charge in [0.1, 0.15) is 0 Å². The number of benzene rings is 1. The van der Waals surface area contributed by atoms with Gasteiger partial charge in [0.2, 0.25) is 0 Å². The Balaban J connectivity index is 0.894. The summed E-state index contributed by atoms with van der Waals surface area (Å²) in [4.78, 5) is 27.3. The molecule has 1 amide bonds. The number of nitrogens with one attached hydrogen (secondary N) is 1. The first-order chi connectivity index (χ1) is 19.1. The highest BCUT2D eigenvalue weighted by Crippen LogP contribution is 2.34. The Kier molecular flexibility index (Phi) is 8.21. The molecule has 8 nitrogen and oxygen atoms in total. The molecular weight excluding hydrogens is 488 g/mol. The number of amides is 1. The molecule has 1 aromatic heterocycles. The Bertz CT molecular complexity index is 1100. The first kappa shape index (κ1) is 26.4. The lowest BCUT2D eigenvalue weighted by molar-refractivity contribution is 0.0919. The minimum Gasteiger partial charge on any atom is -0.489 e. The lowest BCUT2D eigenvalue weighted by Crippen LogP contribution is -2.47. The first-order valence-electron chi connectivity index (χ1n) is 15.0. The molecule has 210 valence electrons. The maximum atomic E-state index is 12.9. The van der Waals surface area contributed by atoms with E-state index in [0.29, 0.717) is 6.04 Å². The van der Waals surface area contributed by atoms with Gasteiger partial charge >= 0.3 is 0 Å². The van der Waals surface area contributed by atoms with Crippen LogP contribution in [0, 0.1) is 5.92 Å². The molecule has 6 rings (SSSR count). The summed E-state index contributed by atoms with van der Waals surface area (Å²) in [6.45, 7) is 10.4. The summed E-state index contributed by atoms with van der Waals surface area (Å²) >= 11 is 0. The quantitative estimate of drug-likeness (QED) is 0.587. The van der Waals surface area contributed by atoms with Gasteiger partial charge in [0.05, 0.1) is 6.61 Å². The molecular formula is C31H44N6O2. The lowest BCUT2D eigenvalue weighted by Gasteiger charge is -2.37. The predicted molar refractivity (Wildman–Crippen MR) is 156 cm³/mol. The molecule has 8 heteroatoms. The van der Waals surface area contributed by atoms with Crippen molar-refractivity contribution < 1.29 is 9.53 Å². The van der Waals surface area contributed by atoms with E-state index in [0.717, 1.165) is 101 Å². The standard InChI is InChI=1S/C31H44N6O2/c1-34-15-19-36(20-16-34)28-8-4-26(5-9-28)31(38)33-27-6-2-24(3-7-27)11-14-35-17-21-37(22-18-35)30-29-25(10-13-32-30)12-23-39-29/h4-5,8-10,13,24,27H,2-3,6-7,11-12,14-23H2,1H3,(H,33,38)/t24-,27-. The third-order valence-electron chi connectivity index (χ3n) is 9.29. The van der Waals surface area contributed by atoms with Crippen LogP contribution in [0.1, 0.15) is 48.0 Å². The molecule has 4 heterocycles. The fourth-order valence-corrected chi connectivity index (χ4v) is 6.62. The summed E-state index contributed by atoms with van der Waals surface area (Å²) < 4.78 is 5.88. The van der Waals surface area contributed by atoms with E-state index >= 15 is 0 Å². The zero-order valence-corrected chi connectivity index (χ0v) is 23.5. The van der Waals surface area contributed by atoms with Crippen molar-refractivity contribution in [3.8, 4) is 5.75 Å². The maximum Gasteiger partial charge on any atom is 0.251 e. The minimum absolute atomic E-state index is 0.0743. The van der Waals surface area contributed by atoms with Gasteiger partial charge in [-0.15, -0.1) is 0 Å². The Morgan fingerprint density at radius 2 is 1.64 bits per heavy atom. The Morgan fingerprint density at radius 3 is 2.38 bits per heavy atom. The zero-order chi connectivity index (χ0) is 26.6. The number of piperazine rings is 2. The van der Waals surface area contributed by atoms with Gasteiger partial charge in [-0.05, 0) is 81.9 Å². The van der Waals surface area contributed by atoms with Gasteiger partial charge in [0.15, 0.2) is 11.6 Å². The summed E-state index contributed by atoms with van der Waals surface area (Å²) in [6.07, 6.45) is 8.80. The van der Waals surface area contributed by atoms with E-state index in [9.17, 15) is 4.79 Å². The van der Waals surface area contributed by atoms with Crippen LogP contribution in [-0.4, -0.2) is 99.3 Å². The Hall–Kier alpha value is -2.84. The monoisotopic (exact) mass is 532 g/mol. The van der Waals surface area contributed by atoms with Crippen molar-refractivity contribution >= 4 is 17.4 Å². The van der Waals surface area contributed by atoms with Crippen LogP contribution in [0.15, 0.2) is 36.5 Å². The van der Waals surface area contributed by atoms with Crippen LogP contribution in [0.2, 0.25) is 0 Å². The second-order valence-corrected chi connectivity index (χ2v) is 11.9. The molecule has 0 spiro atoms. The van der Waals surface area contributed by atoms with E-state index < -0.39 is 0 Å². The molecule has 1 aliphatic carbocycles. The van der Waals surface area contributed by atoms with Crippen LogP contribution in [0.25, 0.3) is 0 Å². The van der Waals surface area contributed by atoms with Crippen molar-refractivity contribution in [2.45, 2.75) is 44.6 Å². The topological polar surface area (TPSA) is 64.2 Å². The van der Waals surface area contributed by atoms with Gasteiger partial charge in [-0.1, -0.05) is 0 Å². The third kappa shape index (κ3) is 6.33. The zero-order valence-electron chi connectivity index (χ0n) is 23.5. The fourth-order valence-electron chi connectivity index (χ4n) is 6.62. The lowest BCUT2D eigenvalue weighted by atomic mass is 9.84. The van der Waals surface area contributed by atoms with Crippen molar-refractivity contribution in [3.05, 3.63) is 47.7 Å². The molecule has 1 N–H and O–H groups in total. The number of rotatable bonds is 7.